The summed E-state index contributed by atoms with van der Waals surface area (Å²) >= 11 is 5.83. The van der Waals surface area contributed by atoms with Gasteiger partial charge in [-0.2, -0.15) is 0 Å². The first-order valence-electron chi connectivity index (χ1n) is 20.2. The number of ketones is 1. The summed E-state index contributed by atoms with van der Waals surface area (Å²) in [6.45, 7) is 6.44. The maximum atomic E-state index is 14.5. The van der Waals surface area contributed by atoms with Crippen LogP contribution in [0.3, 0.4) is 0 Å². The van der Waals surface area contributed by atoms with Crippen molar-refractivity contribution in [1.82, 2.24) is 30.7 Å². The molecule has 7 amide bonds. The van der Waals surface area contributed by atoms with Crippen molar-refractivity contribution in [2.45, 2.75) is 102 Å². The van der Waals surface area contributed by atoms with Crippen LogP contribution in [0.15, 0.2) is 42.5 Å². The molecule has 1 spiro atoms. The molecule has 5 N–H and O–H groups in total. The van der Waals surface area contributed by atoms with Crippen molar-refractivity contribution in [1.29, 1.82) is 0 Å². The summed E-state index contributed by atoms with van der Waals surface area (Å²) in [6.07, 6.45) is -0.376. The van der Waals surface area contributed by atoms with E-state index in [1.165, 1.54) is 35.8 Å². The van der Waals surface area contributed by atoms with Crippen LogP contribution in [0.4, 0.5) is 14.9 Å². The number of nitrogens with zero attached hydrogens (tertiary/aromatic N) is 3. The summed E-state index contributed by atoms with van der Waals surface area (Å²) in [5.41, 5.74) is 0.408. The molecule has 330 valence electrons. The predicted molar refractivity (Wildman–Crippen MR) is 220 cm³/mol. The number of anilines is 1. The number of likely N-dealkylation sites (tertiary alicyclic amines) is 2. The van der Waals surface area contributed by atoms with Crippen molar-refractivity contribution in [3.63, 3.8) is 0 Å². The number of benzene rings is 2. The fraction of sp³-hybridized carbons (Fsp3) is 0.537. The van der Waals surface area contributed by atoms with Gasteiger partial charge < -0.3 is 41.1 Å². The summed E-state index contributed by atoms with van der Waals surface area (Å²) in [4.78, 5) is 98.9. The number of halogens is 2. The molecule has 1 aliphatic carbocycles. The molecular formula is C41H51ClFN7O10S. The molecule has 4 fully saturated rings. The van der Waals surface area contributed by atoms with Gasteiger partial charge in [0.2, 0.25) is 29.5 Å². The number of aryl methyl sites for hydroxylation is 1. The normalized spacial score (nSPS) is 25.0. The Morgan fingerprint density at radius 3 is 2.36 bits per heavy atom. The Kier molecular flexibility index (Phi) is 13.4. The zero-order valence-electron chi connectivity index (χ0n) is 34.3. The average Bonchev–Trinajstić information content (AvgIpc) is 3.46. The van der Waals surface area contributed by atoms with Crippen molar-refractivity contribution in [3.05, 3.63) is 64.4 Å². The number of rotatable bonds is 12. The molecule has 0 aromatic heterocycles. The van der Waals surface area contributed by atoms with Gasteiger partial charge in [-0.1, -0.05) is 48.4 Å². The van der Waals surface area contributed by atoms with Crippen LogP contribution in [0.1, 0.15) is 57.6 Å². The molecule has 20 heteroatoms. The van der Waals surface area contributed by atoms with Gasteiger partial charge in [-0.3, -0.25) is 28.8 Å². The maximum absolute atomic E-state index is 14.5. The number of amides is 7. The number of sulfone groups is 1. The van der Waals surface area contributed by atoms with E-state index in [1.54, 1.807) is 18.2 Å². The van der Waals surface area contributed by atoms with Crippen LogP contribution in [0, 0.1) is 18.7 Å². The maximum Gasteiger partial charge on any atom is 0.319 e. The van der Waals surface area contributed by atoms with Crippen LogP contribution in [0.25, 0.3) is 0 Å². The quantitative estimate of drug-likeness (QED) is 0.204. The lowest BCUT2D eigenvalue weighted by Gasteiger charge is -2.39. The molecule has 0 radical (unpaired) electrons. The fourth-order valence-corrected chi connectivity index (χ4v) is 10.2. The number of carbonyl (C=O) groups is 7. The molecule has 2 aromatic carbocycles. The Morgan fingerprint density at radius 1 is 0.984 bits per heavy atom. The minimum Gasteiger partial charge on any atom is -0.391 e. The predicted octanol–water partition coefficient (Wildman–Crippen LogP) is 1.09. The number of carbonyl (C=O) groups excluding carboxylic acids is 7. The van der Waals surface area contributed by atoms with Gasteiger partial charge in [0, 0.05) is 37.5 Å². The van der Waals surface area contributed by atoms with E-state index in [1.807, 2.05) is 19.9 Å². The first-order chi connectivity index (χ1) is 28.7. The van der Waals surface area contributed by atoms with E-state index in [0.717, 1.165) is 16.5 Å². The monoisotopic (exact) mass is 887 g/mol. The Morgan fingerprint density at radius 2 is 1.70 bits per heavy atom. The molecule has 3 heterocycles. The molecule has 3 aliphatic heterocycles. The fourth-order valence-electron chi connectivity index (χ4n) is 8.58. The highest BCUT2D eigenvalue weighted by molar-refractivity contribution is 7.91. The largest absolute Gasteiger partial charge is 0.391 e. The molecule has 17 nitrogen and oxygen atoms in total. The molecule has 0 bridgehead atoms. The average molecular weight is 888 g/mol. The highest BCUT2D eigenvalue weighted by atomic mass is 35.5. The molecule has 2 aromatic rings. The van der Waals surface area contributed by atoms with E-state index in [2.05, 4.69) is 21.3 Å². The van der Waals surface area contributed by atoms with Crippen LogP contribution in [-0.4, -0.2) is 143 Å². The molecular weight excluding hydrogens is 837 g/mol. The number of Topliss-reactive ketones (excluding diaryl/α,β-unsaturated/α-hetero) is 1. The number of aliphatic hydroxyl groups is 1. The van der Waals surface area contributed by atoms with Gasteiger partial charge in [0.15, 0.2) is 15.6 Å². The smallest absolute Gasteiger partial charge is 0.319 e. The third kappa shape index (κ3) is 10.2. The first-order valence-corrected chi connectivity index (χ1v) is 22.4. The van der Waals surface area contributed by atoms with Crippen LogP contribution in [0.5, 0.6) is 0 Å². The summed E-state index contributed by atoms with van der Waals surface area (Å²) in [6, 6.07) is 2.89. The van der Waals surface area contributed by atoms with Crippen molar-refractivity contribution in [2.24, 2.45) is 5.92 Å². The molecule has 6 rings (SSSR count). The lowest BCUT2D eigenvalue weighted by atomic mass is 10.0. The molecule has 0 unspecified atom stereocenters. The molecule has 4 aliphatic rings. The van der Waals surface area contributed by atoms with Crippen LogP contribution in [0.2, 0.25) is 5.02 Å². The van der Waals surface area contributed by atoms with Crippen LogP contribution in [-0.2, 0) is 45.0 Å². The number of hydrogen-bond donors (Lipinski definition) is 5. The van der Waals surface area contributed by atoms with Gasteiger partial charge in [-0.15, -0.1) is 0 Å². The van der Waals surface area contributed by atoms with Gasteiger partial charge in [-0.25, -0.2) is 17.6 Å². The third-order valence-electron chi connectivity index (χ3n) is 11.7. The lowest BCUT2D eigenvalue weighted by molar-refractivity contribution is -0.150. The summed E-state index contributed by atoms with van der Waals surface area (Å²) in [7, 11) is -3.81. The molecule has 1 saturated carbocycles. The Bertz CT molecular complexity index is 2230. The molecule has 3 saturated heterocycles. The number of urea groups is 1. The van der Waals surface area contributed by atoms with Crippen molar-refractivity contribution in [2.75, 3.05) is 36.5 Å². The number of aliphatic hydroxyl groups excluding tert-OH is 1. The van der Waals surface area contributed by atoms with E-state index >= 15 is 0 Å². The van der Waals surface area contributed by atoms with Gasteiger partial charge >= 0.3 is 6.03 Å². The van der Waals surface area contributed by atoms with Crippen molar-refractivity contribution >= 4 is 68.5 Å². The van der Waals surface area contributed by atoms with Crippen LogP contribution >= 0.6 is 11.6 Å². The zero-order valence-corrected chi connectivity index (χ0v) is 35.9. The molecule has 8 atom stereocenters. The first kappa shape index (κ1) is 45.4. The van der Waals surface area contributed by atoms with Crippen LogP contribution < -0.4 is 21.3 Å². The standard InChI is InChI=1S/C41H51ClFN7O10S/c1-22-7-5-8-26(15-22)16-30(46-40(58)45-29-11-10-27(42)17-28(29)43)35(53)47-34(25(4)51)39(57)48-12-6-9-31(48)38(56)49-13-14-61(59,60)21-32(49)36(54)44-24(3)37(55)50-20-23(2)18-41(50)19-33(41)52/h5,7-8,10-11,15,17,23-25,30-32,34,51H,6,9,12-14,16,18-21H2,1-4H3,(H,44,54)(H,47,53)(H2,45,46,58)/t23-,24+,25+,30+,31+,32+,34+,41-/m1/s1. The minimum atomic E-state index is -3.81. The van der Waals surface area contributed by atoms with Gasteiger partial charge in [-0.05, 0) is 69.7 Å². The minimum absolute atomic E-state index is 0.0254. The Labute approximate surface area is 358 Å². The summed E-state index contributed by atoms with van der Waals surface area (Å²) in [5, 5.41) is 20.9. The Balaban J connectivity index is 1.16. The highest BCUT2D eigenvalue weighted by Crippen LogP contribution is 2.48. The van der Waals surface area contributed by atoms with E-state index in [9.17, 15) is 51.5 Å². The van der Waals surface area contributed by atoms with E-state index in [0.29, 0.717) is 24.9 Å². The van der Waals surface area contributed by atoms with E-state index in [-0.39, 0.29) is 54.8 Å². The SMILES string of the molecule is Cc1cccc(C[C@H](NC(=O)Nc2ccc(Cl)cc2F)C(=O)N[C@H](C(=O)N2CCC[C@H]2C(=O)N2CCS(=O)(=O)C[C@H]2C(=O)N[C@@H](C)C(=O)N2C[C@H](C)C[C@]23CC3=O)[C@H](C)O)c1. The van der Waals surface area contributed by atoms with Gasteiger partial charge in [0.05, 0.1) is 23.3 Å². The second-order valence-corrected chi connectivity index (χ2v) is 19.3. The summed E-state index contributed by atoms with van der Waals surface area (Å²) < 4.78 is 40.2. The van der Waals surface area contributed by atoms with Gasteiger partial charge in [0.25, 0.3) is 0 Å². The number of hydrogen-bond acceptors (Lipinski definition) is 10. The lowest BCUT2D eigenvalue weighted by Crippen LogP contribution is -2.64. The van der Waals surface area contributed by atoms with E-state index < -0.39 is 105 Å². The van der Waals surface area contributed by atoms with Gasteiger partial charge in [0.1, 0.15) is 41.6 Å². The van der Waals surface area contributed by atoms with Crippen molar-refractivity contribution < 1.29 is 51.5 Å². The molecule has 61 heavy (non-hydrogen) atoms. The Hall–Kier alpha value is -5.14. The second-order valence-electron chi connectivity index (χ2n) is 16.7. The topological polar surface area (TPSA) is 232 Å². The third-order valence-corrected chi connectivity index (χ3v) is 13.6. The van der Waals surface area contributed by atoms with E-state index in [4.69, 9.17) is 11.6 Å². The zero-order chi connectivity index (χ0) is 44.6. The number of nitrogens with one attached hydrogen (secondary N) is 4. The van der Waals surface area contributed by atoms with Crippen molar-refractivity contribution in [3.8, 4) is 0 Å². The highest BCUT2D eigenvalue weighted by Gasteiger charge is 2.63. The summed E-state index contributed by atoms with van der Waals surface area (Å²) in [5.74, 6) is -5.80. The second kappa shape index (κ2) is 18.1.